The maximum absolute atomic E-state index is 9.53. The Balaban J connectivity index is 2.67. The van der Waals surface area contributed by atoms with Crippen molar-refractivity contribution >= 4 is 11.3 Å². The van der Waals surface area contributed by atoms with Gasteiger partial charge in [-0.2, -0.15) is 0 Å². The van der Waals surface area contributed by atoms with Crippen LogP contribution in [-0.2, 0) is 6.42 Å². The second-order valence-corrected chi connectivity index (χ2v) is 5.15. The van der Waals surface area contributed by atoms with E-state index in [1.165, 1.54) is 4.88 Å². The SMILES string of the molecule is CCC(Cc1nc(C)c(C)s1)C(C)O. The fraction of sp³-hybridized carbons (Fsp3) is 0.727. The van der Waals surface area contributed by atoms with Crippen molar-refractivity contribution in [2.45, 2.75) is 46.6 Å². The van der Waals surface area contributed by atoms with E-state index in [1.807, 2.05) is 13.8 Å². The summed E-state index contributed by atoms with van der Waals surface area (Å²) < 4.78 is 0. The molecule has 0 spiro atoms. The molecule has 1 N–H and O–H groups in total. The van der Waals surface area contributed by atoms with Crippen molar-refractivity contribution < 1.29 is 5.11 Å². The molecule has 0 fully saturated rings. The molecule has 14 heavy (non-hydrogen) atoms. The topological polar surface area (TPSA) is 33.1 Å². The van der Waals surface area contributed by atoms with Gasteiger partial charge in [0.15, 0.2) is 0 Å². The van der Waals surface area contributed by atoms with Crippen LogP contribution >= 0.6 is 11.3 Å². The van der Waals surface area contributed by atoms with Crippen molar-refractivity contribution in [3.05, 3.63) is 15.6 Å². The van der Waals surface area contributed by atoms with E-state index in [2.05, 4.69) is 18.8 Å². The van der Waals surface area contributed by atoms with Crippen LogP contribution in [0.4, 0.5) is 0 Å². The van der Waals surface area contributed by atoms with E-state index in [0.717, 1.165) is 23.5 Å². The Morgan fingerprint density at radius 1 is 1.43 bits per heavy atom. The molecular weight excluding hydrogens is 194 g/mol. The van der Waals surface area contributed by atoms with E-state index in [4.69, 9.17) is 0 Å². The van der Waals surface area contributed by atoms with Gasteiger partial charge in [-0.3, -0.25) is 0 Å². The van der Waals surface area contributed by atoms with Gasteiger partial charge in [-0.15, -0.1) is 11.3 Å². The third kappa shape index (κ3) is 2.79. The number of aliphatic hydroxyl groups excluding tert-OH is 1. The lowest BCUT2D eigenvalue weighted by Gasteiger charge is -2.15. The van der Waals surface area contributed by atoms with Crippen LogP contribution in [0.5, 0.6) is 0 Å². The van der Waals surface area contributed by atoms with Gasteiger partial charge >= 0.3 is 0 Å². The normalized spacial score (nSPS) is 15.5. The van der Waals surface area contributed by atoms with Gasteiger partial charge in [-0.05, 0) is 26.7 Å². The third-order valence-corrected chi connectivity index (χ3v) is 3.81. The number of aryl methyl sites for hydroxylation is 2. The Morgan fingerprint density at radius 2 is 2.07 bits per heavy atom. The van der Waals surface area contributed by atoms with Crippen molar-refractivity contribution in [3.63, 3.8) is 0 Å². The molecule has 0 saturated heterocycles. The van der Waals surface area contributed by atoms with Gasteiger partial charge in [0.05, 0.1) is 16.8 Å². The molecule has 3 heteroatoms. The highest BCUT2D eigenvalue weighted by Gasteiger charge is 2.15. The molecule has 0 aliphatic carbocycles. The predicted octanol–water partition coefficient (Wildman–Crippen LogP) is 2.71. The van der Waals surface area contributed by atoms with Gasteiger partial charge < -0.3 is 5.11 Å². The van der Waals surface area contributed by atoms with E-state index >= 15 is 0 Å². The smallest absolute Gasteiger partial charge is 0.0934 e. The minimum absolute atomic E-state index is 0.232. The molecule has 2 nitrogen and oxygen atoms in total. The lowest BCUT2D eigenvalue weighted by Crippen LogP contribution is -2.18. The zero-order valence-electron chi connectivity index (χ0n) is 9.37. The summed E-state index contributed by atoms with van der Waals surface area (Å²) in [4.78, 5) is 5.78. The fourth-order valence-corrected chi connectivity index (χ4v) is 2.53. The van der Waals surface area contributed by atoms with Crippen LogP contribution in [0.3, 0.4) is 0 Å². The van der Waals surface area contributed by atoms with Gasteiger partial charge in [0.25, 0.3) is 0 Å². The number of rotatable bonds is 4. The summed E-state index contributed by atoms with van der Waals surface area (Å²) in [5.74, 6) is 0.347. The van der Waals surface area contributed by atoms with E-state index < -0.39 is 0 Å². The van der Waals surface area contributed by atoms with Gasteiger partial charge in [-0.25, -0.2) is 4.98 Å². The highest BCUT2D eigenvalue weighted by molar-refractivity contribution is 7.11. The molecule has 0 saturated carbocycles. The average molecular weight is 213 g/mol. The van der Waals surface area contributed by atoms with Crippen LogP contribution in [0.2, 0.25) is 0 Å². The van der Waals surface area contributed by atoms with Gasteiger partial charge in [0.2, 0.25) is 0 Å². The first kappa shape index (κ1) is 11.7. The highest BCUT2D eigenvalue weighted by atomic mass is 32.1. The Labute approximate surface area is 90.0 Å². The number of aliphatic hydroxyl groups is 1. The standard InChI is InChI=1S/C11H19NOS/c1-5-10(8(3)13)6-11-12-7(2)9(4)14-11/h8,10,13H,5-6H2,1-4H3. The van der Waals surface area contributed by atoms with Crippen molar-refractivity contribution in [3.8, 4) is 0 Å². The van der Waals surface area contributed by atoms with Crippen molar-refractivity contribution in [2.24, 2.45) is 5.92 Å². The summed E-state index contributed by atoms with van der Waals surface area (Å²) in [5, 5.41) is 10.7. The molecule has 0 radical (unpaired) electrons. The van der Waals surface area contributed by atoms with E-state index in [-0.39, 0.29) is 6.10 Å². The Kier molecular flexibility index (Phi) is 4.08. The van der Waals surface area contributed by atoms with Gasteiger partial charge in [0, 0.05) is 11.3 Å². The molecule has 80 valence electrons. The second kappa shape index (κ2) is 4.89. The molecule has 0 aliphatic heterocycles. The first-order chi connectivity index (χ1) is 6.54. The number of aromatic nitrogens is 1. The zero-order chi connectivity index (χ0) is 10.7. The van der Waals surface area contributed by atoms with Gasteiger partial charge in [0.1, 0.15) is 0 Å². The average Bonchev–Trinajstić information content (AvgIpc) is 2.41. The summed E-state index contributed by atoms with van der Waals surface area (Å²) in [5.41, 5.74) is 1.13. The molecule has 0 aliphatic rings. The first-order valence-corrected chi connectivity index (χ1v) is 5.97. The van der Waals surface area contributed by atoms with E-state index in [1.54, 1.807) is 11.3 Å². The minimum atomic E-state index is -0.232. The van der Waals surface area contributed by atoms with Crippen LogP contribution < -0.4 is 0 Å². The molecule has 1 aromatic heterocycles. The molecule has 2 unspecified atom stereocenters. The van der Waals surface area contributed by atoms with Crippen molar-refractivity contribution in [1.82, 2.24) is 4.98 Å². The zero-order valence-corrected chi connectivity index (χ0v) is 10.2. The lowest BCUT2D eigenvalue weighted by molar-refractivity contribution is 0.123. The Hall–Kier alpha value is -0.410. The molecule has 2 atom stereocenters. The summed E-state index contributed by atoms with van der Waals surface area (Å²) in [6, 6.07) is 0. The fourth-order valence-electron chi connectivity index (χ4n) is 1.51. The quantitative estimate of drug-likeness (QED) is 0.834. The Morgan fingerprint density at radius 3 is 2.43 bits per heavy atom. The van der Waals surface area contributed by atoms with Crippen LogP contribution in [-0.4, -0.2) is 16.2 Å². The lowest BCUT2D eigenvalue weighted by atomic mass is 9.97. The molecule has 0 amide bonds. The van der Waals surface area contributed by atoms with Crippen LogP contribution in [0.15, 0.2) is 0 Å². The second-order valence-electron chi connectivity index (χ2n) is 3.86. The number of hydrogen-bond donors (Lipinski definition) is 1. The van der Waals surface area contributed by atoms with Gasteiger partial charge in [-0.1, -0.05) is 13.3 Å². The predicted molar refractivity (Wildman–Crippen MR) is 60.8 cm³/mol. The number of nitrogens with zero attached hydrogens (tertiary/aromatic N) is 1. The molecule has 1 rings (SSSR count). The summed E-state index contributed by atoms with van der Waals surface area (Å²) in [6.45, 7) is 8.12. The summed E-state index contributed by atoms with van der Waals surface area (Å²) in [7, 11) is 0. The number of hydrogen-bond acceptors (Lipinski definition) is 3. The van der Waals surface area contributed by atoms with Crippen molar-refractivity contribution in [1.29, 1.82) is 0 Å². The van der Waals surface area contributed by atoms with E-state index in [0.29, 0.717) is 5.92 Å². The highest BCUT2D eigenvalue weighted by Crippen LogP contribution is 2.22. The first-order valence-electron chi connectivity index (χ1n) is 5.15. The molecule has 0 aromatic carbocycles. The monoisotopic (exact) mass is 213 g/mol. The van der Waals surface area contributed by atoms with Crippen LogP contribution in [0.1, 0.15) is 35.8 Å². The molecule has 1 heterocycles. The molecular formula is C11H19NOS. The molecule has 1 aromatic rings. The summed E-state index contributed by atoms with van der Waals surface area (Å²) >= 11 is 1.75. The maximum atomic E-state index is 9.53. The van der Waals surface area contributed by atoms with E-state index in [9.17, 15) is 5.11 Å². The largest absolute Gasteiger partial charge is 0.393 e. The molecule has 0 bridgehead atoms. The minimum Gasteiger partial charge on any atom is -0.393 e. The number of thiazole rings is 1. The van der Waals surface area contributed by atoms with Crippen LogP contribution in [0, 0.1) is 19.8 Å². The van der Waals surface area contributed by atoms with Crippen molar-refractivity contribution in [2.75, 3.05) is 0 Å². The maximum Gasteiger partial charge on any atom is 0.0934 e. The third-order valence-electron chi connectivity index (χ3n) is 2.72. The summed E-state index contributed by atoms with van der Waals surface area (Å²) in [6.07, 6.45) is 1.69. The van der Waals surface area contributed by atoms with Crippen LogP contribution in [0.25, 0.3) is 0 Å². The Bertz CT molecular complexity index is 274.